The van der Waals surface area contributed by atoms with Crippen LogP contribution in [0.15, 0.2) is 60.7 Å². The van der Waals surface area contributed by atoms with Gasteiger partial charge in [0.05, 0.1) is 21.8 Å². The van der Waals surface area contributed by atoms with Crippen molar-refractivity contribution in [2.75, 3.05) is 31.3 Å². The number of hydrogen-bond donors (Lipinski definition) is 0. The maximum Gasteiger partial charge on any atom is 0.260 e. The number of para-hydroxylation sites is 1. The highest BCUT2D eigenvalue weighted by Gasteiger charge is 2.21. The molecule has 0 aliphatic carbocycles. The Morgan fingerprint density at radius 1 is 0.914 bits per heavy atom. The Kier molecular flexibility index (Phi) is 8.33. The molecule has 35 heavy (non-hydrogen) atoms. The van der Waals surface area contributed by atoms with E-state index in [-0.39, 0.29) is 12.5 Å². The van der Waals surface area contributed by atoms with Crippen molar-refractivity contribution < 1.29 is 19.0 Å². The lowest BCUT2D eigenvalue weighted by Crippen LogP contribution is -2.30. The second-order valence-electron chi connectivity index (χ2n) is 7.38. The zero-order valence-corrected chi connectivity index (χ0v) is 21.6. The van der Waals surface area contributed by atoms with E-state index in [0.717, 1.165) is 10.2 Å². The first-order valence-corrected chi connectivity index (χ1v) is 12.7. The van der Waals surface area contributed by atoms with Crippen molar-refractivity contribution in [1.82, 2.24) is 4.98 Å². The summed E-state index contributed by atoms with van der Waals surface area (Å²) in [5, 5.41) is 1.77. The van der Waals surface area contributed by atoms with Crippen LogP contribution in [0.2, 0.25) is 10.0 Å². The van der Waals surface area contributed by atoms with Crippen LogP contribution in [0.25, 0.3) is 10.2 Å². The van der Waals surface area contributed by atoms with Gasteiger partial charge in [0.15, 0.2) is 16.6 Å². The van der Waals surface area contributed by atoms with Gasteiger partial charge >= 0.3 is 0 Å². The lowest BCUT2D eigenvalue weighted by molar-refractivity contribution is 0.0987. The van der Waals surface area contributed by atoms with E-state index in [4.69, 9.17) is 37.4 Å². The summed E-state index contributed by atoms with van der Waals surface area (Å²) in [6.45, 7) is 5.28. The van der Waals surface area contributed by atoms with Gasteiger partial charge in [-0.1, -0.05) is 46.7 Å². The third-order valence-electron chi connectivity index (χ3n) is 5.06. The maximum atomic E-state index is 13.4. The monoisotopic (exact) mass is 530 g/mol. The summed E-state index contributed by atoms with van der Waals surface area (Å²) in [4.78, 5) is 19.6. The third-order valence-corrected chi connectivity index (χ3v) is 6.66. The zero-order valence-electron chi connectivity index (χ0n) is 19.3. The minimum absolute atomic E-state index is 0.174. The molecule has 0 saturated carbocycles. The standard InChI is InChI=1S/C26H24Cl2N2O4S/c1-3-30(26-29-20-16-18(27)10-12-24(20)35-26)25(31)17-9-11-22(23(15-17)32-4-2)34-14-13-33-21-8-6-5-7-19(21)28/h5-12,15-16H,3-4,13-14H2,1-2H3. The van der Waals surface area contributed by atoms with Gasteiger partial charge < -0.3 is 14.2 Å². The summed E-state index contributed by atoms with van der Waals surface area (Å²) in [7, 11) is 0. The van der Waals surface area contributed by atoms with Gasteiger partial charge in [-0.2, -0.15) is 0 Å². The van der Waals surface area contributed by atoms with Crippen molar-refractivity contribution in [2.45, 2.75) is 13.8 Å². The van der Waals surface area contributed by atoms with E-state index in [9.17, 15) is 4.79 Å². The summed E-state index contributed by atoms with van der Waals surface area (Å²) >= 11 is 13.7. The molecule has 9 heteroatoms. The molecule has 0 spiro atoms. The quantitative estimate of drug-likeness (QED) is 0.204. The number of thiazole rings is 1. The van der Waals surface area contributed by atoms with Crippen LogP contribution in [0.3, 0.4) is 0 Å². The van der Waals surface area contributed by atoms with Gasteiger partial charge in [0.1, 0.15) is 19.0 Å². The summed E-state index contributed by atoms with van der Waals surface area (Å²) in [5.74, 6) is 1.44. The van der Waals surface area contributed by atoms with E-state index in [0.29, 0.717) is 57.7 Å². The molecule has 6 nitrogen and oxygen atoms in total. The third kappa shape index (κ3) is 5.99. The van der Waals surface area contributed by atoms with Crippen molar-refractivity contribution in [3.05, 3.63) is 76.3 Å². The fraction of sp³-hybridized carbons (Fsp3) is 0.231. The smallest absolute Gasteiger partial charge is 0.260 e. The minimum Gasteiger partial charge on any atom is -0.490 e. The highest BCUT2D eigenvalue weighted by molar-refractivity contribution is 7.22. The van der Waals surface area contributed by atoms with E-state index in [2.05, 4.69) is 4.98 Å². The average Bonchev–Trinajstić information content (AvgIpc) is 3.26. The first kappa shape index (κ1) is 25.1. The number of hydrogen-bond acceptors (Lipinski definition) is 6. The topological polar surface area (TPSA) is 60.9 Å². The van der Waals surface area contributed by atoms with Crippen LogP contribution in [0.1, 0.15) is 24.2 Å². The molecule has 1 amide bonds. The number of halogens is 2. The molecule has 1 heterocycles. The fourth-order valence-corrected chi connectivity index (χ4v) is 4.78. The number of rotatable bonds is 10. The molecule has 0 N–H and O–H groups in total. The Hall–Kier alpha value is -3.00. The molecule has 0 unspecified atom stereocenters. The van der Waals surface area contributed by atoms with Gasteiger partial charge in [-0.25, -0.2) is 4.98 Å². The number of fused-ring (bicyclic) bond motifs is 1. The van der Waals surface area contributed by atoms with Crippen LogP contribution < -0.4 is 19.1 Å². The normalized spacial score (nSPS) is 10.9. The molecule has 0 radical (unpaired) electrons. The van der Waals surface area contributed by atoms with Crippen LogP contribution in [-0.4, -0.2) is 37.3 Å². The largest absolute Gasteiger partial charge is 0.490 e. The highest BCUT2D eigenvalue weighted by atomic mass is 35.5. The van der Waals surface area contributed by atoms with Crippen LogP contribution in [-0.2, 0) is 0 Å². The van der Waals surface area contributed by atoms with Crippen molar-refractivity contribution in [3.63, 3.8) is 0 Å². The highest BCUT2D eigenvalue weighted by Crippen LogP contribution is 2.33. The number of carbonyl (C=O) groups excluding carboxylic acids is 1. The van der Waals surface area contributed by atoms with Crippen LogP contribution in [0.5, 0.6) is 17.2 Å². The first-order valence-electron chi connectivity index (χ1n) is 11.1. The average molecular weight is 531 g/mol. The van der Waals surface area contributed by atoms with Crippen molar-refractivity contribution in [3.8, 4) is 17.2 Å². The number of aromatic nitrogens is 1. The van der Waals surface area contributed by atoms with Gasteiger partial charge in [-0.3, -0.25) is 9.69 Å². The minimum atomic E-state index is -0.174. The Balaban J connectivity index is 1.48. The first-order chi connectivity index (χ1) is 17.0. The van der Waals surface area contributed by atoms with E-state index in [1.165, 1.54) is 11.3 Å². The molecule has 0 bridgehead atoms. The van der Waals surface area contributed by atoms with E-state index >= 15 is 0 Å². The van der Waals surface area contributed by atoms with Crippen molar-refractivity contribution in [1.29, 1.82) is 0 Å². The maximum absolute atomic E-state index is 13.4. The molecule has 1 aromatic heterocycles. The lowest BCUT2D eigenvalue weighted by Gasteiger charge is -2.19. The predicted molar refractivity (Wildman–Crippen MR) is 142 cm³/mol. The summed E-state index contributed by atoms with van der Waals surface area (Å²) < 4.78 is 18.3. The van der Waals surface area contributed by atoms with Crippen molar-refractivity contribution in [2.24, 2.45) is 0 Å². The Labute approximate surface area is 218 Å². The SMILES string of the molecule is CCOc1cc(C(=O)N(CC)c2nc3cc(Cl)ccc3s2)ccc1OCCOc1ccccc1Cl. The molecular weight excluding hydrogens is 507 g/mol. The number of amides is 1. The van der Waals surface area contributed by atoms with Gasteiger partial charge in [-0.15, -0.1) is 0 Å². The molecule has 0 atom stereocenters. The molecule has 0 aliphatic rings. The molecular formula is C26H24Cl2N2O4S. The molecule has 3 aromatic carbocycles. The zero-order chi connectivity index (χ0) is 24.8. The van der Waals surface area contributed by atoms with Crippen LogP contribution in [0.4, 0.5) is 5.13 Å². The molecule has 4 rings (SSSR count). The Bertz CT molecular complexity index is 1330. The molecule has 0 fully saturated rings. The van der Waals surface area contributed by atoms with Crippen molar-refractivity contribution >= 4 is 55.8 Å². The number of anilines is 1. The fourth-order valence-electron chi connectivity index (χ4n) is 3.42. The number of carbonyl (C=O) groups is 1. The van der Waals surface area contributed by atoms with Gasteiger partial charge in [0, 0.05) is 17.1 Å². The van der Waals surface area contributed by atoms with Gasteiger partial charge in [0.25, 0.3) is 5.91 Å². The summed E-state index contributed by atoms with van der Waals surface area (Å²) in [6.07, 6.45) is 0. The molecule has 0 aliphatic heterocycles. The van der Waals surface area contributed by atoms with Gasteiger partial charge in [-0.05, 0) is 62.4 Å². The van der Waals surface area contributed by atoms with Crippen LogP contribution >= 0.6 is 34.5 Å². The number of ether oxygens (including phenoxy) is 3. The number of benzene rings is 3. The van der Waals surface area contributed by atoms with Crippen LogP contribution in [0, 0.1) is 0 Å². The second kappa shape index (κ2) is 11.6. The predicted octanol–water partition coefficient (Wildman–Crippen LogP) is 7.13. The second-order valence-corrected chi connectivity index (χ2v) is 9.23. The van der Waals surface area contributed by atoms with Gasteiger partial charge in [0.2, 0.25) is 0 Å². The summed E-state index contributed by atoms with van der Waals surface area (Å²) in [6, 6.07) is 17.9. The molecule has 4 aromatic rings. The number of nitrogens with zero attached hydrogens (tertiary/aromatic N) is 2. The van der Waals surface area contributed by atoms with E-state index < -0.39 is 0 Å². The Morgan fingerprint density at radius 2 is 1.69 bits per heavy atom. The Morgan fingerprint density at radius 3 is 2.43 bits per heavy atom. The molecule has 0 saturated heterocycles. The van der Waals surface area contributed by atoms with E-state index in [1.54, 1.807) is 41.3 Å². The summed E-state index contributed by atoms with van der Waals surface area (Å²) in [5.41, 5.74) is 1.24. The lowest BCUT2D eigenvalue weighted by atomic mass is 10.1. The van der Waals surface area contributed by atoms with E-state index in [1.807, 2.05) is 38.1 Å². The molecule has 182 valence electrons.